The Morgan fingerprint density at radius 1 is 1.00 bits per heavy atom. The summed E-state index contributed by atoms with van der Waals surface area (Å²) in [6.45, 7) is 1.86. The summed E-state index contributed by atoms with van der Waals surface area (Å²) >= 11 is 0. The van der Waals surface area contributed by atoms with Crippen LogP contribution in [0, 0.1) is 6.92 Å². The molecular weight excluding hydrogens is 320 g/mol. The van der Waals surface area contributed by atoms with Crippen molar-refractivity contribution in [2.75, 3.05) is 14.2 Å². The van der Waals surface area contributed by atoms with Crippen molar-refractivity contribution < 1.29 is 17.9 Å². The normalized spacial score (nSPS) is 11.3. The quantitative estimate of drug-likeness (QED) is 0.797. The van der Waals surface area contributed by atoms with Crippen LogP contribution in [0.15, 0.2) is 24.3 Å². The Kier molecular flexibility index (Phi) is 5.45. The molecule has 23 heavy (non-hydrogen) atoms. The predicted octanol–water partition coefficient (Wildman–Crippen LogP) is 0.817. The van der Waals surface area contributed by atoms with E-state index >= 15 is 0 Å². The molecule has 0 radical (unpaired) electrons. The number of aromatic nitrogens is 3. The highest BCUT2D eigenvalue weighted by atomic mass is 32.2. The standard InChI is InChI=1S/C14H18N4O4S/c1-10-4-6-11(7-5-10)9-23(19,20)15-8-12-16-13(21-2)18-14(17-12)22-3/h4-7,15H,8-9H2,1-3H3. The molecule has 9 heteroatoms. The van der Waals surface area contributed by atoms with Crippen molar-refractivity contribution in [2.45, 2.75) is 19.2 Å². The van der Waals surface area contributed by atoms with Crippen molar-refractivity contribution in [1.82, 2.24) is 19.7 Å². The molecule has 1 aromatic carbocycles. The van der Waals surface area contributed by atoms with Crippen LogP contribution in [0.5, 0.6) is 12.0 Å². The fraction of sp³-hybridized carbons (Fsp3) is 0.357. The van der Waals surface area contributed by atoms with Gasteiger partial charge in [0.15, 0.2) is 5.82 Å². The molecule has 2 aromatic rings. The molecule has 8 nitrogen and oxygen atoms in total. The molecule has 0 atom stereocenters. The number of aryl methyl sites for hydroxylation is 1. The van der Waals surface area contributed by atoms with Crippen molar-refractivity contribution in [3.05, 3.63) is 41.2 Å². The molecule has 0 amide bonds. The zero-order chi connectivity index (χ0) is 16.9. The van der Waals surface area contributed by atoms with Crippen molar-refractivity contribution in [3.8, 4) is 12.0 Å². The number of benzene rings is 1. The van der Waals surface area contributed by atoms with Gasteiger partial charge in [-0.05, 0) is 12.5 Å². The van der Waals surface area contributed by atoms with E-state index in [1.807, 2.05) is 19.1 Å². The Balaban J connectivity index is 2.05. The monoisotopic (exact) mass is 338 g/mol. The van der Waals surface area contributed by atoms with Crippen molar-refractivity contribution in [1.29, 1.82) is 0 Å². The van der Waals surface area contributed by atoms with Crippen LogP contribution in [0.2, 0.25) is 0 Å². The molecule has 0 fully saturated rings. The van der Waals surface area contributed by atoms with Crippen molar-refractivity contribution in [2.24, 2.45) is 0 Å². The van der Waals surface area contributed by atoms with Gasteiger partial charge in [0.05, 0.1) is 26.5 Å². The van der Waals surface area contributed by atoms with Crippen molar-refractivity contribution >= 4 is 10.0 Å². The molecule has 2 rings (SSSR count). The summed E-state index contributed by atoms with van der Waals surface area (Å²) in [4.78, 5) is 11.8. The van der Waals surface area contributed by atoms with E-state index in [-0.39, 0.29) is 30.1 Å². The lowest BCUT2D eigenvalue weighted by Gasteiger charge is -2.08. The van der Waals surface area contributed by atoms with Gasteiger partial charge in [-0.3, -0.25) is 0 Å². The molecule has 0 unspecified atom stereocenters. The summed E-state index contributed by atoms with van der Waals surface area (Å²) in [6, 6.07) is 7.42. The molecule has 1 heterocycles. The lowest BCUT2D eigenvalue weighted by atomic mass is 10.2. The molecule has 0 spiro atoms. The van der Waals surface area contributed by atoms with Gasteiger partial charge in [-0.25, -0.2) is 13.1 Å². The van der Waals surface area contributed by atoms with Gasteiger partial charge in [-0.2, -0.15) is 9.97 Å². The van der Waals surface area contributed by atoms with Crippen LogP contribution in [0.3, 0.4) is 0 Å². The minimum absolute atomic E-state index is 0.0598. The molecule has 0 aliphatic rings. The largest absolute Gasteiger partial charge is 0.467 e. The number of hydrogen-bond donors (Lipinski definition) is 1. The van der Waals surface area contributed by atoms with E-state index in [2.05, 4.69) is 19.7 Å². The van der Waals surface area contributed by atoms with Crippen LogP contribution in [0.4, 0.5) is 0 Å². The SMILES string of the molecule is COc1nc(CNS(=O)(=O)Cc2ccc(C)cc2)nc(OC)n1. The fourth-order valence-electron chi connectivity index (χ4n) is 1.77. The van der Waals surface area contributed by atoms with Crippen LogP contribution < -0.4 is 14.2 Å². The van der Waals surface area contributed by atoms with Gasteiger partial charge >= 0.3 is 12.0 Å². The van der Waals surface area contributed by atoms with Gasteiger partial charge < -0.3 is 9.47 Å². The predicted molar refractivity (Wildman–Crippen MR) is 83.6 cm³/mol. The minimum Gasteiger partial charge on any atom is -0.467 e. The summed E-state index contributed by atoms with van der Waals surface area (Å²) in [5.74, 6) is 0.0910. The lowest BCUT2D eigenvalue weighted by Crippen LogP contribution is -2.26. The topological polar surface area (TPSA) is 103 Å². The molecule has 0 aliphatic heterocycles. The van der Waals surface area contributed by atoms with E-state index in [9.17, 15) is 8.42 Å². The second-order valence-corrected chi connectivity index (χ2v) is 6.60. The molecule has 124 valence electrons. The highest BCUT2D eigenvalue weighted by Gasteiger charge is 2.14. The van der Waals surface area contributed by atoms with E-state index in [1.165, 1.54) is 14.2 Å². The second-order valence-electron chi connectivity index (χ2n) is 4.79. The number of rotatable bonds is 7. The zero-order valence-corrected chi connectivity index (χ0v) is 13.9. The first kappa shape index (κ1) is 17.1. The Hall–Kier alpha value is -2.26. The van der Waals surface area contributed by atoms with Crippen LogP contribution in [-0.2, 0) is 22.3 Å². The van der Waals surface area contributed by atoms with Gasteiger partial charge in [-0.1, -0.05) is 29.8 Å². The molecule has 1 aromatic heterocycles. The summed E-state index contributed by atoms with van der Waals surface area (Å²) in [5.41, 5.74) is 1.78. The van der Waals surface area contributed by atoms with Crippen molar-refractivity contribution in [3.63, 3.8) is 0 Å². The molecular formula is C14H18N4O4S. The van der Waals surface area contributed by atoms with Gasteiger partial charge in [0, 0.05) is 0 Å². The van der Waals surface area contributed by atoms with Gasteiger partial charge in [0.25, 0.3) is 0 Å². The Morgan fingerprint density at radius 2 is 1.57 bits per heavy atom. The van der Waals surface area contributed by atoms with E-state index in [1.54, 1.807) is 12.1 Å². The number of hydrogen-bond acceptors (Lipinski definition) is 7. The average molecular weight is 338 g/mol. The smallest absolute Gasteiger partial charge is 0.322 e. The first-order valence-corrected chi connectivity index (χ1v) is 8.43. The number of nitrogens with zero attached hydrogens (tertiary/aromatic N) is 3. The third kappa shape index (κ3) is 5.15. The highest BCUT2D eigenvalue weighted by molar-refractivity contribution is 7.88. The van der Waals surface area contributed by atoms with Gasteiger partial charge in [-0.15, -0.1) is 4.98 Å². The number of ether oxygens (including phenoxy) is 2. The summed E-state index contributed by atoms with van der Waals surface area (Å²) in [7, 11) is -0.711. The third-order valence-corrected chi connectivity index (χ3v) is 4.23. The lowest BCUT2D eigenvalue weighted by molar-refractivity contribution is 0.336. The third-order valence-electron chi connectivity index (χ3n) is 2.93. The van der Waals surface area contributed by atoms with Gasteiger partial charge in [0.2, 0.25) is 10.0 Å². The molecule has 1 N–H and O–H groups in total. The van der Waals surface area contributed by atoms with Crippen LogP contribution in [-0.4, -0.2) is 37.6 Å². The Bertz CT molecular complexity index is 741. The summed E-state index contributed by atoms with van der Waals surface area (Å²) in [5, 5.41) is 0. The average Bonchev–Trinajstić information content (AvgIpc) is 2.54. The summed E-state index contributed by atoms with van der Waals surface area (Å²) in [6.07, 6.45) is 0. The van der Waals surface area contributed by atoms with E-state index < -0.39 is 10.0 Å². The first-order valence-electron chi connectivity index (χ1n) is 6.77. The Morgan fingerprint density at radius 3 is 2.09 bits per heavy atom. The van der Waals surface area contributed by atoms with Crippen LogP contribution >= 0.6 is 0 Å². The molecule has 0 bridgehead atoms. The maximum atomic E-state index is 12.1. The maximum absolute atomic E-state index is 12.1. The zero-order valence-electron chi connectivity index (χ0n) is 13.1. The minimum atomic E-state index is -3.52. The molecule has 0 aliphatic carbocycles. The summed E-state index contributed by atoms with van der Waals surface area (Å²) < 4.78 is 36.5. The molecule has 0 saturated heterocycles. The van der Waals surface area contributed by atoms with Crippen LogP contribution in [0.25, 0.3) is 0 Å². The maximum Gasteiger partial charge on any atom is 0.322 e. The van der Waals surface area contributed by atoms with Gasteiger partial charge in [0.1, 0.15) is 0 Å². The van der Waals surface area contributed by atoms with Crippen LogP contribution in [0.1, 0.15) is 17.0 Å². The molecule has 0 saturated carbocycles. The first-order chi connectivity index (χ1) is 10.9. The fourth-order valence-corrected chi connectivity index (χ4v) is 2.85. The Labute approximate surface area is 135 Å². The van der Waals surface area contributed by atoms with E-state index in [0.717, 1.165) is 5.56 Å². The second kappa shape index (κ2) is 7.34. The van der Waals surface area contributed by atoms with E-state index in [0.29, 0.717) is 5.56 Å². The number of sulfonamides is 1. The highest BCUT2D eigenvalue weighted by Crippen LogP contribution is 2.10. The number of nitrogens with one attached hydrogen (secondary N) is 1. The van der Waals surface area contributed by atoms with E-state index in [4.69, 9.17) is 9.47 Å². The number of methoxy groups -OCH3 is 2.